The van der Waals surface area contributed by atoms with Gasteiger partial charge in [-0.15, -0.1) is 0 Å². The molecule has 0 aliphatic carbocycles. The Bertz CT molecular complexity index is 538. The third-order valence-electron chi connectivity index (χ3n) is 3.63. The van der Waals surface area contributed by atoms with E-state index >= 15 is 0 Å². The maximum atomic E-state index is 5.44. The lowest BCUT2D eigenvalue weighted by Crippen LogP contribution is -2.22. The zero-order valence-electron chi connectivity index (χ0n) is 13.2. The number of likely N-dealkylation sites (N-methyl/N-ethyl adjacent to an activating group) is 2. The summed E-state index contributed by atoms with van der Waals surface area (Å²) >= 11 is 0. The van der Waals surface area contributed by atoms with Crippen molar-refractivity contribution in [2.75, 3.05) is 27.7 Å². The summed E-state index contributed by atoms with van der Waals surface area (Å²) in [6.07, 6.45) is 0.804. The maximum absolute atomic E-state index is 5.44. The van der Waals surface area contributed by atoms with Gasteiger partial charge in [0.1, 0.15) is 0 Å². The number of hydrogen-bond donors (Lipinski definition) is 1. The van der Waals surface area contributed by atoms with Crippen molar-refractivity contribution in [3.8, 4) is 0 Å². The molecule has 21 heavy (non-hydrogen) atoms. The number of hydrogen-bond acceptors (Lipinski definition) is 5. The van der Waals surface area contributed by atoms with Crippen LogP contribution in [-0.4, -0.2) is 42.7 Å². The van der Waals surface area contributed by atoms with E-state index in [4.69, 9.17) is 4.52 Å². The van der Waals surface area contributed by atoms with E-state index in [1.807, 2.05) is 39.3 Å². The molecule has 0 saturated heterocycles. The molecule has 0 fully saturated rings. The van der Waals surface area contributed by atoms with Gasteiger partial charge in [-0.1, -0.05) is 42.4 Å². The number of nitrogens with one attached hydrogen (secondary N) is 1. The molecule has 0 saturated carbocycles. The van der Waals surface area contributed by atoms with E-state index in [1.165, 1.54) is 5.56 Å². The highest BCUT2D eigenvalue weighted by atomic mass is 16.5. The molecule has 0 amide bonds. The lowest BCUT2D eigenvalue weighted by molar-refractivity contribution is 0.327. The first-order valence-electron chi connectivity index (χ1n) is 7.31. The fraction of sp³-hybridized carbons (Fsp3) is 0.500. The maximum Gasteiger partial charge on any atom is 0.231 e. The Kier molecular flexibility index (Phi) is 5.47. The molecule has 2 unspecified atom stereocenters. The predicted octanol–water partition coefficient (Wildman–Crippen LogP) is 2.24. The monoisotopic (exact) mass is 288 g/mol. The van der Waals surface area contributed by atoms with Crippen LogP contribution >= 0.6 is 0 Å². The first-order valence-corrected chi connectivity index (χ1v) is 7.31. The van der Waals surface area contributed by atoms with E-state index in [1.54, 1.807) is 0 Å². The molecule has 5 heteroatoms. The molecule has 0 aliphatic heterocycles. The molecule has 0 spiro atoms. The quantitative estimate of drug-likeness (QED) is 0.847. The van der Waals surface area contributed by atoms with Gasteiger partial charge < -0.3 is 14.7 Å². The van der Waals surface area contributed by atoms with Crippen molar-refractivity contribution in [2.24, 2.45) is 0 Å². The fourth-order valence-corrected chi connectivity index (χ4v) is 2.39. The largest absolute Gasteiger partial charge is 0.339 e. The van der Waals surface area contributed by atoms with Gasteiger partial charge in [-0.25, -0.2) is 0 Å². The minimum Gasteiger partial charge on any atom is -0.339 e. The Morgan fingerprint density at radius 1 is 1.24 bits per heavy atom. The van der Waals surface area contributed by atoms with Crippen molar-refractivity contribution < 1.29 is 4.52 Å². The highest BCUT2D eigenvalue weighted by Crippen LogP contribution is 2.29. The molecule has 2 rings (SSSR count). The van der Waals surface area contributed by atoms with Crippen LogP contribution < -0.4 is 5.32 Å². The predicted molar refractivity (Wildman–Crippen MR) is 83.2 cm³/mol. The second kappa shape index (κ2) is 7.33. The van der Waals surface area contributed by atoms with Crippen molar-refractivity contribution >= 4 is 0 Å². The summed E-state index contributed by atoms with van der Waals surface area (Å²) in [7, 11) is 6.03. The van der Waals surface area contributed by atoms with Crippen LogP contribution in [0.3, 0.4) is 0 Å². The van der Waals surface area contributed by atoms with Gasteiger partial charge in [-0.2, -0.15) is 4.98 Å². The van der Waals surface area contributed by atoms with Crippen LogP contribution in [0, 0.1) is 0 Å². The summed E-state index contributed by atoms with van der Waals surface area (Å²) in [4.78, 5) is 6.64. The van der Waals surface area contributed by atoms with Gasteiger partial charge in [0.25, 0.3) is 0 Å². The van der Waals surface area contributed by atoms with Gasteiger partial charge in [0.2, 0.25) is 5.89 Å². The molecule has 114 valence electrons. The average Bonchev–Trinajstić information content (AvgIpc) is 2.96. The van der Waals surface area contributed by atoms with Crippen molar-refractivity contribution in [2.45, 2.75) is 25.3 Å². The van der Waals surface area contributed by atoms with Gasteiger partial charge >= 0.3 is 0 Å². The van der Waals surface area contributed by atoms with Crippen molar-refractivity contribution in [1.82, 2.24) is 20.4 Å². The van der Waals surface area contributed by atoms with E-state index < -0.39 is 0 Å². The lowest BCUT2D eigenvalue weighted by Gasteiger charge is -2.21. The second-order valence-corrected chi connectivity index (χ2v) is 5.57. The molecule has 0 bridgehead atoms. The summed E-state index contributed by atoms with van der Waals surface area (Å²) in [6, 6.07) is 10.5. The molecule has 0 aliphatic rings. The van der Waals surface area contributed by atoms with Gasteiger partial charge in [0.15, 0.2) is 5.82 Å². The Morgan fingerprint density at radius 2 is 1.95 bits per heavy atom. The topological polar surface area (TPSA) is 54.2 Å². The molecule has 5 nitrogen and oxygen atoms in total. The molecular weight excluding hydrogens is 264 g/mol. The number of aromatic nitrogens is 2. The number of nitrogens with zero attached hydrogens (tertiary/aromatic N) is 3. The van der Waals surface area contributed by atoms with E-state index in [0.717, 1.165) is 18.8 Å². The van der Waals surface area contributed by atoms with E-state index in [-0.39, 0.29) is 12.0 Å². The number of benzene rings is 1. The van der Waals surface area contributed by atoms with Gasteiger partial charge in [0.05, 0.1) is 5.92 Å². The van der Waals surface area contributed by atoms with Crippen LogP contribution in [0.2, 0.25) is 0 Å². The number of rotatable bonds is 7. The second-order valence-electron chi connectivity index (χ2n) is 5.57. The normalized spacial score (nSPS) is 14.3. The molecule has 1 N–H and O–H groups in total. The minimum absolute atomic E-state index is 0.123. The minimum atomic E-state index is 0.123. The van der Waals surface area contributed by atoms with Crippen LogP contribution in [0.25, 0.3) is 0 Å². The summed E-state index contributed by atoms with van der Waals surface area (Å²) in [5.74, 6) is 1.58. The van der Waals surface area contributed by atoms with E-state index in [2.05, 4.69) is 39.4 Å². The molecule has 0 radical (unpaired) electrons. The van der Waals surface area contributed by atoms with Crippen LogP contribution in [0.5, 0.6) is 0 Å². The summed E-state index contributed by atoms with van der Waals surface area (Å²) in [5.41, 5.74) is 1.22. The van der Waals surface area contributed by atoms with Crippen molar-refractivity contribution in [3.05, 3.63) is 47.6 Å². The van der Waals surface area contributed by atoms with Crippen LogP contribution in [0.15, 0.2) is 34.9 Å². The van der Waals surface area contributed by atoms with Crippen molar-refractivity contribution in [3.63, 3.8) is 0 Å². The first-order chi connectivity index (χ1) is 10.1. The Hall–Kier alpha value is -1.72. The smallest absolute Gasteiger partial charge is 0.231 e. The molecule has 2 aromatic rings. The van der Waals surface area contributed by atoms with Gasteiger partial charge in [-0.05, 0) is 26.7 Å². The molecular formula is C16H24N4O. The fourth-order valence-electron chi connectivity index (χ4n) is 2.39. The Morgan fingerprint density at radius 3 is 2.57 bits per heavy atom. The van der Waals surface area contributed by atoms with Gasteiger partial charge in [-0.3, -0.25) is 0 Å². The van der Waals surface area contributed by atoms with Crippen LogP contribution in [0.4, 0.5) is 0 Å². The molecule has 1 aromatic carbocycles. The zero-order valence-corrected chi connectivity index (χ0v) is 13.2. The molecule has 1 heterocycles. The Labute approximate surface area is 126 Å². The van der Waals surface area contributed by atoms with Crippen LogP contribution in [0.1, 0.15) is 36.2 Å². The molecule has 1 aromatic heterocycles. The Balaban J connectivity index is 2.09. The highest BCUT2D eigenvalue weighted by Gasteiger charge is 2.24. The average molecular weight is 288 g/mol. The third-order valence-corrected chi connectivity index (χ3v) is 3.63. The molecule has 2 atom stereocenters. The van der Waals surface area contributed by atoms with Gasteiger partial charge in [0, 0.05) is 19.0 Å². The van der Waals surface area contributed by atoms with E-state index in [0.29, 0.717) is 5.89 Å². The standard InChI is InChI=1S/C16H24N4O/c1-12(15(17-2)13-8-6-5-7-9-13)16-18-14(19-21-16)10-11-20(3)4/h5-9,12,15,17H,10-11H2,1-4H3. The summed E-state index contributed by atoms with van der Waals surface area (Å²) in [5, 5.41) is 7.42. The van der Waals surface area contributed by atoms with Crippen molar-refractivity contribution in [1.29, 1.82) is 0 Å². The SMILES string of the molecule is CNC(c1ccccc1)C(C)c1nc(CCN(C)C)no1. The highest BCUT2D eigenvalue weighted by molar-refractivity contribution is 5.21. The summed E-state index contributed by atoms with van der Waals surface area (Å²) < 4.78 is 5.44. The van der Waals surface area contributed by atoms with E-state index in [9.17, 15) is 0 Å². The first kappa shape index (κ1) is 15.7. The lowest BCUT2D eigenvalue weighted by atomic mass is 9.94. The summed E-state index contributed by atoms with van der Waals surface area (Å²) in [6.45, 7) is 3.03. The third kappa shape index (κ3) is 4.12. The zero-order chi connectivity index (χ0) is 15.2. The van der Waals surface area contributed by atoms with Crippen LogP contribution in [-0.2, 0) is 6.42 Å².